The Morgan fingerprint density at radius 1 is 1.30 bits per heavy atom. The fourth-order valence-electron chi connectivity index (χ4n) is 1.64. The van der Waals surface area contributed by atoms with Gasteiger partial charge >= 0.3 is 0 Å². The number of fused-ring (bicyclic) bond motifs is 1. The molecule has 0 aliphatic heterocycles. The van der Waals surface area contributed by atoms with E-state index in [9.17, 15) is 0 Å². The highest BCUT2D eigenvalue weighted by Crippen LogP contribution is 2.36. The highest BCUT2D eigenvalue weighted by atomic mass is 32.2. The van der Waals surface area contributed by atoms with Gasteiger partial charge in [0.1, 0.15) is 0 Å². The molecule has 1 heterocycles. The van der Waals surface area contributed by atoms with Gasteiger partial charge in [-0.15, -0.1) is 24.0 Å². The Morgan fingerprint density at radius 2 is 2.00 bits per heavy atom. The van der Waals surface area contributed by atoms with Crippen LogP contribution in [0.15, 0.2) is 4.21 Å². The third-order valence-corrected chi connectivity index (χ3v) is 3.69. The van der Waals surface area contributed by atoms with Crippen molar-refractivity contribution in [1.82, 2.24) is 0 Å². The van der Waals surface area contributed by atoms with E-state index in [0.717, 1.165) is 0 Å². The maximum Gasteiger partial charge on any atom is 0.0605 e. The van der Waals surface area contributed by atoms with Gasteiger partial charge in [0.25, 0.3) is 0 Å². The summed E-state index contributed by atoms with van der Waals surface area (Å²) < 4.78 is 1.25. The van der Waals surface area contributed by atoms with Gasteiger partial charge in [-0.1, -0.05) is 0 Å². The molecule has 2 rings (SSSR count). The summed E-state index contributed by atoms with van der Waals surface area (Å²) in [7, 11) is 0. The van der Waals surface area contributed by atoms with Gasteiger partial charge < -0.3 is 0 Å². The summed E-state index contributed by atoms with van der Waals surface area (Å²) in [6.45, 7) is 2.20. The smallest absolute Gasteiger partial charge is 0.0605 e. The molecule has 0 N–H and O–H groups in total. The normalized spacial score (nSPS) is 15.8. The van der Waals surface area contributed by atoms with Crippen LogP contribution in [0, 0.1) is 6.92 Å². The predicted molar refractivity (Wildman–Crippen MR) is 48.3 cm³/mol. The van der Waals surface area contributed by atoms with E-state index in [1.165, 1.54) is 33.9 Å². The first-order chi connectivity index (χ1) is 4.79. The number of hydrogen-bond donors (Lipinski definition) is 1. The molecule has 1 aliphatic carbocycles. The van der Waals surface area contributed by atoms with Crippen molar-refractivity contribution in [1.29, 1.82) is 0 Å². The Hall–Kier alpha value is 0.0500. The fourth-order valence-corrected chi connectivity index (χ4v) is 3.28. The number of hydrogen-bond acceptors (Lipinski definition) is 2. The van der Waals surface area contributed by atoms with Crippen molar-refractivity contribution in [2.45, 2.75) is 30.4 Å². The zero-order chi connectivity index (χ0) is 7.14. The lowest BCUT2D eigenvalue weighted by Gasteiger charge is -1.88. The molecule has 10 heavy (non-hydrogen) atoms. The van der Waals surface area contributed by atoms with E-state index < -0.39 is 0 Å². The van der Waals surface area contributed by atoms with Crippen molar-refractivity contribution >= 4 is 24.0 Å². The first-order valence-electron chi connectivity index (χ1n) is 3.59. The average Bonchev–Trinajstić information content (AvgIpc) is 2.39. The van der Waals surface area contributed by atoms with Crippen LogP contribution in [0.2, 0.25) is 0 Å². The van der Waals surface area contributed by atoms with Crippen LogP contribution in [0.5, 0.6) is 0 Å². The van der Waals surface area contributed by atoms with Crippen LogP contribution in [-0.2, 0) is 12.8 Å². The van der Waals surface area contributed by atoms with Crippen LogP contribution in [0.3, 0.4) is 0 Å². The van der Waals surface area contributed by atoms with Crippen molar-refractivity contribution in [3.63, 3.8) is 0 Å². The van der Waals surface area contributed by atoms with Crippen LogP contribution in [-0.4, -0.2) is 0 Å². The van der Waals surface area contributed by atoms with Crippen LogP contribution in [0.25, 0.3) is 0 Å². The molecule has 0 bridgehead atoms. The Morgan fingerprint density at radius 3 is 2.70 bits per heavy atom. The molecule has 1 aromatic rings. The SMILES string of the molecule is Cc1sc(S)c2c1CCC2. The maximum atomic E-state index is 4.43. The summed E-state index contributed by atoms with van der Waals surface area (Å²) in [5, 5.41) is 0. The van der Waals surface area contributed by atoms with Crippen molar-refractivity contribution in [3.8, 4) is 0 Å². The second-order valence-corrected chi connectivity index (χ2v) is 4.75. The van der Waals surface area contributed by atoms with E-state index in [0.29, 0.717) is 0 Å². The summed E-state index contributed by atoms with van der Waals surface area (Å²) >= 11 is 6.26. The molecular weight excluding hydrogens is 160 g/mol. The number of thiophene rings is 1. The second kappa shape index (κ2) is 2.28. The fraction of sp³-hybridized carbons (Fsp3) is 0.500. The Labute approximate surface area is 70.7 Å². The van der Waals surface area contributed by atoms with Crippen molar-refractivity contribution < 1.29 is 0 Å². The molecule has 0 saturated heterocycles. The molecule has 1 aromatic heterocycles. The van der Waals surface area contributed by atoms with Crippen molar-refractivity contribution in [3.05, 3.63) is 16.0 Å². The van der Waals surface area contributed by atoms with Crippen LogP contribution in [0.4, 0.5) is 0 Å². The predicted octanol–water partition coefficient (Wildman–Crippen LogP) is 2.83. The van der Waals surface area contributed by atoms with Gasteiger partial charge in [0.2, 0.25) is 0 Å². The van der Waals surface area contributed by atoms with Gasteiger partial charge in [-0.25, -0.2) is 0 Å². The summed E-state index contributed by atoms with van der Waals surface area (Å²) in [5.41, 5.74) is 3.13. The van der Waals surface area contributed by atoms with Gasteiger partial charge in [-0.3, -0.25) is 0 Å². The Bertz CT molecular complexity index is 236. The minimum Gasteiger partial charge on any atom is -0.134 e. The molecule has 2 heteroatoms. The van der Waals surface area contributed by atoms with Crippen LogP contribution >= 0.6 is 24.0 Å². The average molecular weight is 170 g/mol. The third-order valence-electron chi connectivity index (χ3n) is 2.15. The minimum absolute atomic E-state index is 1.25. The second-order valence-electron chi connectivity index (χ2n) is 2.77. The van der Waals surface area contributed by atoms with Crippen LogP contribution in [0.1, 0.15) is 22.4 Å². The van der Waals surface area contributed by atoms with Crippen LogP contribution < -0.4 is 0 Å². The molecule has 0 spiro atoms. The molecule has 0 unspecified atom stereocenters. The van der Waals surface area contributed by atoms with E-state index in [4.69, 9.17) is 0 Å². The zero-order valence-corrected chi connectivity index (χ0v) is 7.69. The summed E-state index contributed by atoms with van der Waals surface area (Å²) in [6.07, 6.45) is 3.89. The Kier molecular flexibility index (Phi) is 1.53. The lowest BCUT2D eigenvalue weighted by molar-refractivity contribution is 0.904. The highest BCUT2D eigenvalue weighted by molar-refractivity contribution is 7.83. The van der Waals surface area contributed by atoms with Crippen molar-refractivity contribution in [2.24, 2.45) is 0 Å². The third kappa shape index (κ3) is 0.823. The molecule has 0 radical (unpaired) electrons. The van der Waals surface area contributed by atoms with Crippen molar-refractivity contribution in [2.75, 3.05) is 0 Å². The van der Waals surface area contributed by atoms with Gasteiger partial charge in [0, 0.05) is 4.88 Å². The molecule has 0 saturated carbocycles. The maximum absolute atomic E-state index is 4.43. The molecular formula is C8H10S2. The molecule has 0 atom stereocenters. The molecule has 54 valence electrons. The first kappa shape index (κ1) is 6.74. The zero-order valence-electron chi connectivity index (χ0n) is 5.98. The molecule has 0 amide bonds. The topological polar surface area (TPSA) is 0 Å². The lowest BCUT2D eigenvalue weighted by atomic mass is 10.2. The number of rotatable bonds is 0. The quantitative estimate of drug-likeness (QED) is 0.569. The van der Waals surface area contributed by atoms with Gasteiger partial charge in [0.05, 0.1) is 4.21 Å². The number of thiol groups is 1. The van der Waals surface area contributed by atoms with E-state index in [2.05, 4.69) is 19.6 Å². The first-order valence-corrected chi connectivity index (χ1v) is 4.85. The van der Waals surface area contributed by atoms with E-state index >= 15 is 0 Å². The monoisotopic (exact) mass is 170 g/mol. The van der Waals surface area contributed by atoms with Gasteiger partial charge in [-0.2, -0.15) is 0 Å². The highest BCUT2D eigenvalue weighted by Gasteiger charge is 2.17. The molecule has 0 aromatic carbocycles. The standard InChI is InChI=1S/C8H10S2/c1-5-6-3-2-4-7(6)8(9)10-5/h9H,2-4H2,1H3. The Balaban J connectivity index is 2.61. The number of aryl methyl sites for hydroxylation is 1. The summed E-state index contributed by atoms with van der Waals surface area (Å²) in [5.74, 6) is 0. The van der Waals surface area contributed by atoms with E-state index in [1.54, 1.807) is 5.56 Å². The minimum atomic E-state index is 1.25. The summed E-state index contributed by atoms with van der Waals surface area (Å²) in [4.78, 5) is 1.48. The summed E-state index contributed by atoms with van der Waals surface area (Å²) in [6, 6.07) is 0. The van der Waals surface area contributed by atoms with E-state index in [-0.39, 0.29) is 0 Å². The van der Waals surface area contributed by atoms with Gasteiger partial charge in [-0.05, 0) is 37.3 Å². The molecule has 0 fully saturated rings. The largest absolute Gasteiger partial charge is 0.134 e. The molecule has 0 nitrogen and oxygen atoms in total. The van der Waals surface area contributed by atoms with E-state index in [1.807, 2.05) is 11.3 Å². The molecule has 1 aliphatic rings. The lowest BCUT2D eigenvalue weighted by Crippen LogP contribution is -1.75. The van der Waals surface area contributed by atoms with Gasteiger partial charge in [0.15, 0.2) is 0 Å².